The van der Waals surface area contributed by atoms with Crippen molar-refractivity contribution in [2.75, 3.05) is 7.11 Å². The van der Waals surface area contributed by atoms with Crippen LogP contribution in [0, 0.1) is 3.57 Å². The van der Waals surface area contributed by atoms with E-state index in [1.165, 1.54) is 7.11 Å². The molecule has 1 rings (SSSR count). The Morgan fingerprint density at radius 3 is 2.76 bits per heavy atom. The summed E-state index contributed by atoms with van der Waals surface area (Å²) in [6, 6.07) is 0. The van der Waals surface area contributed by atoms with Crippen molar-refractivity contribution >= 4 is 44.5 Å². The highest BCUT2D eigenvalue weighted by molar-refractivity contribution is 14.1. The average Bonchev–Trinajstić information content (AvgIpc) is 2.28. The van der Waals surface area contributed by atoms with E-state index in [1.54, 1.807) is 0 Å². The summed E-state index contributed by atoms with van der Waals surface area (Å²) in [5.41, 5.74) is 0.949. The normalized spacial score (nSPS) is 10.7. The highest BCUT2D eigenvalue weighted by Gasteiger charge is 2.19. The molecule has 0 amide bonds. The molecule has 0 saturated carbocycles. The van der Waals surface area contributed by atoms with E-state index in [9.17, 15) is 13.6 Å². The number of nitrogens with zero attached hydrogens (tertiary/aromatic N) is 1. The van der Waals surface area contributed by atoms with E-state index in [0.717, 1.165) is 6.20 Å². The number of pyridine rings is 1. The van der Waals surface area contributed by atoms with Gasteiger partial charge >= 0.3 is 5.97 Å². The third kappa shape index (κ3) is 3.57. The second-order valence-corrected chi connectivity index (χ2v) is 4.78. The quantitative estimate of drug-likeness (QED) is 0.427. The maximum atomic E-state index is 12.7. The Bertz CT molecular complexity index is 429. The van der Waals surface area contributed by atoms with E-state index in [-0.39, 0.29) is 12.0 Å². The number of ether oxygens (including phenoxy) is 1. The molecule has 1 heterocycles. The molecular weight excluding hydrogens is 411 g/mol. The van der Waals surface area contributed by atoms with Crippen LogP contribution in [0.4, 0.5) is 8.78 Å². The van der Waals surface area contributed by atoms with Crippen molar-refractivity contribution in [1.82, 2.24) is 4.98 Å². The van der Waals surface area contributed by atoms with Gasteiger partial charge in [0.25, 0.3) is 6.43 Å². The van der Waals surface area contributed by atoms with Crippen LogP contribution >= 0.6 is 38.5 Å². The average molecular weight is 420 g/mol. The third-order valence-corrected chi connectivity index (χ3v) is 3.97. The topological polar surface area (TPSA) is 39.2 Å². The number of methoxy groups -OCH3 is 1. The molecule has 0 aliphatic heterocycles. The highest BCUT2D eigenvalue weighted by atomic mass is 127. The predicted octanol–water partition coefficient (Wildman–Crippen LogP) is 3.23. The first kappa shape index (κ1) is 14.7. The fraction of sp³-hybridized carbons (Fsp3) is 0.400. The van der Waals surface area contributed by atoms with Crippen molar-refractivity contribution < 1.29 is 18.3 Å². The summed E-state index contributed by atoms with van der Waals surface area (Å²) in [4.78, 5) is 15.1. The monoisotopic (exact) mass is 419 g/mol. The molecule has 0 fully saturated rings. The van der Waals surface area contributed by atoms with Gasteiger partial charge in [-0.2, -0.15) is 0 Å². The molecule has 1 aromatic rings. The minimum Gasteiger partial charge on any atom is -0.469 e. The molecular formula is C10H9BrF2INO2. The van der Waals surface area contributed by atoms with Gasteiger partial charge in [-0.05, 0) is 28.2 Å². The lowest BCUT2D eigenvalue weighted by Crippen LogP contribution is -2.10. The minimum atomic E-state index is -2.57. The zero-order valence-corrected chi connectivity index (χ0v) is 12.6. The van der Waals surface area contributed by atoms with Crippen molar-refractivity contribution in [2.45, 2.75) is 18.2 Å². The SMILES string of the molecule is COC(=O)Cc1ncc(C(F)F)c(I)c1CBr. The fourth-order valence-corrected chi connectivity index (χ4v) is 3.24. The zero-order valence-electron chi connectivity index (χ0n) is 8.84. The Hall–Kier alpha value is -0.310. The molecule has 0 saturated heterocycles. The Morgan fingerprint density at radius 1 is 1.65 bits per heavy atom. The first-order valence-electron chi connectivity index (χ1n) is 4.58. The molecule has 1 aromatic heterocycles. The van der Waals surface area contributed by atoms with Gasteiger partial charge in [0, 0.05) is 20.7 Å². The largest absolute Gasteiger partial charge is 0.469 e. The van der Waals surface area contributed by atoms with Crippen molar-refractivity contribution in [3.63, 3.8) is 0 Å². The lowest BCUT2D eigenvalue weighted by molar-refractivity contribution is -0.139. The summed E-state index contributed by atoms with van der Waals surface area (Å²) < 4.78 is 30.3. The summed E-state index contributed by atoms with van der Waals surface area (Å²) in [5.74, 6) is -0.444. The molecule has 0 spiro atoms. The van der Waals surface area contributed by atoms with Crippen LogP contribution < -0.4 is 0 Å². The molecule has 0 radical (unpaired) electrons. The van der Waals surface area contributed by atoms with Gasteiger partial charge in [-0.1, -0.05) is 15.9 Å². The molecule has 7 heteroatoms. The molecule has 0 bridgehead atoms. The second-order valence-electron chi connectivity index (χ2n) is 3.14. The van der Waals surface area contributed by atoms with Gasteiger partial charge in [-0.15, -0.1) is 0 Å². The van der Waals surface area contributed by atoms with Gasteiger partial charge in [-0.3, -0.25) is 9.78 Å². The Kier molecular flexibility index (Phi) is 5.71. The molecule has 3 nitrogen and oxygen atoms in total. The summed E-state index contributed by atoms with van der Waals surface area (Å²) in [7, 11) is 1.27. The first-order chi connectivity index (χ1) is 8.01. The van der Waals surface area contributed by atoms with Crippen molar-refractivity contribution in [1.29, 1.82) is 0 Å². The zero-order chi connectivity index (χ0) is 13.0. The predicted molar refractivity (Wildman–Crippen MR) is 70.3 cm³/mol. The van der Waals surface area contributed by atoms with Gasteiger partial charge < -0.3 is 4.74 Å². The van der Waals surface area contributed by atoms with Gasteiger partial charge in [0.05, 0.1) is 19.2 Å². The second kappa shape index (κ2) is 6.58. The lowest BCUT2D eigenvalue weighted by atomic mass is 10.1. The van der Waals surface area contributed by atoms with Crippen LogP contribution in [-0.2, 0) is 21.3 Å². The van der Waals surface area contributed by atoms with Crippen LogP contribution in [0.2, 0.25) is 0 Å². The van der Waals surface area contributed by atoms with Crippen molar-refractivity contribution in [3.8, 4) is 0 Å². The number of hydrogen-bond acceptors (Lipinski definition) is 3. The van der Waals surface area contributed by atoms with Crippen molar-refractivity contribution in [2.24, 2.45) is 0 Å². The van der Waals surface area contributed by atoms with E-state index in [1.807, 2.05) is 22.6 Å². The molecule has 0 unspecified atom stereocenters. The molecule has 0 aromatic carbocycles. The van der Waals surface area contributed by atoms with E-state index in [2.05, 4.69) is 25.7 Å². The number of esters is 1. The summed E-state index contributed by atoms with van der Waals surface area (Å²) in [6.07, 6.45) is -1.48. The maximum Gasteiger partial charge on any atom is 0.311 e. The molecule has 17 heavy (non-hydrogen) atoms. The molecule has 0 atom stereocenters. The molecule has 94 valence electrons. The van der Waals surface area contributed by atoms with Gasteiger partial charge in [0.2, 0.25) is 0 Å². The number of aromatic nitrogens is 1. The number of rotatable bonds is 4. The number of carbonyl (C=O) groups is 1. The number of halogens is 4. The van der Waals surface area contributed by atoms with E-state index in [0.29, 0.717) is 20.2 Å². The van der Waals surface area contributed by atoms with Gasteiger partial charge in [0.15, 0.2) is 0 Å². The molecule has 0 N–H and O–H groups in total. The standard InChI is InChI=1S/C10H9BrF2INO2/c1-17-8(16)2-7-5(3-11)9(14)6(4-15-7)10(12)13/h4,10H,2-3H2,1H3. The van der Waals surface area contributed by atoms with Crippen molar-refractivity contribution in [3.05, 3.63) is 26.6 Å². The molecule has 0 aliphatic carbocycles. The van der Waals surface area contributed by atoms with Crippen LogP contribution in [0.15, 0.2) is 6.20 Å². The van der Waals surface area contributed by atoms with E-state index < -0.39 is 12.4 Å². The Morgan fingerprint density at radius 2 is 2.29 bits per heavy atom. The van der Waals surface area contributed by atoms with Crippen LogP contribution in [0.5, 0.6) is 0 Å². The van der Waals surface area contributed by atoms with E-state index in [4.69, 9.17) is 0 Å². The van der Waals surface area contributed by atoms with Crippen LogP contribution in [0.3, 0.4) is 0 Å². The summed E-state index contributed by atoms with van der Waals surface area (Å²) in [5, 5.41) is 0.366. The van der Waals surface area contributed by atoms with Gasteiger partial charge in [-0.25, -0.2) is 8.78 Å². The smallest absolute Gasteiger partial charge is 0.311 e. The van der Waals surface area contributed by atoms with Crippen LogP contribution in [0.1, 0.15) is 23.2 Å². The fourth-order valence-electron chi connectivity index (χ4n) is 1.23. The molecule has 0 aliphatic rings. The van der Waals surface area contributed by atoms with Gasteiger partial charge in [0.1, 0.15) is 0 Å². The summed E-state index contributed by atoms with van der Waals surface area (Å²) in [6.45, 7) is 0. The number of alkyl halides is 3. The number of carbonyl (C=O) groups excluding carboxylic acids is 1. The van der Waals surface area contributed by atoms with Crippen LogP contribution in [0.25, 0.3) is 0 Å². The highest BCUT2D eigenvalue weighted by Crippen LogP contribution is 2.29. The summed E-state index contributed by atoms with van der Waals surface area (Å²) >= 11 is 5.05. The number of hydrogen-bond donors (Lipinski definition) is 0. The van der Waals surface area contributed by atoms with Crippen LogP contribution in [-0.4, -0.2) is 18.1 Å². The first-order valence-corrected chi connectivity index (χ1v) is 6.78. The Labute approximate surface area is 119 Å². The third-order valence-electron chi connectivity index (χ3n) is 2.13. The lowest BCUT2D eigenvalue weighted by Gasteiger charge is -2.11. The van der Waals surface area contributed by atoms with E-state index >= 15 is 0 Å². The minimum absolute atomic E-state index is 0.0169. The maximum absolute atomic E-state index is 12.7. The Balaban J connectivity index is 3.16.